The molecule has 1 aliphatic rings. The van der Waals surface area contributed by atoms with Crippen molar-refractivity contribution >= 4 is 29.4 Å². The van der Waals surface area contributed by atoms with E-state index in [2.05, 4.69) is 26.9 Å². The minimum absolute atomic E-state index is 0. The van der Waals surface area contributed by atoms with Crippen LogP contribution < -0.4 is 10.6 Å². The fourth-order valence-corrected chi connectivity index (χ4v) is 2.38. The fraction of sp³-hybridized carbons (Fsp3) is 0.400. The molecule has 0 saturated carbocycles. The molecule has 2 aromatic rings. The molecule has 3 rings (SSSR count). The first-order valence-corrected chi connectivity index (χ1v) is 7.19. The number of amides is 1. The van der Waals surface area contributed by atoms with Gasteiger partial charge in [-0.05, 0) is 25.5 Å². The lowest BCUT2D eigenvalue weighted by molar-refractivity contribution is 0.0956. The van der Waals surface area contributed by atoms with Crippen LogP contribution in [0.4, 0.5) is 0 Å². The highest BCUT2D eigenvalue weighted by molar-refractivity contribution is 5.97. The van der Waals surface area contributed by atoms with Crippen LogP contribution in [-0.2, 0) is 6.42 Å². The SMILES string of the molecule is CCc1noc2ncc(C(=O)NCC3=CCNCC3)cc12.Cl. The van der Waals surface area contributed by atoms with Crippen molar-refractivity contribution in [3.63, 3.8) is 0 Å². The van der Waals surface area contributed by atoms with Crippen molar-refractivity contribution in [2.45, 2.75) is 19.8 Å². The van der Waals surface area contributed by atoms with E-state index < -0.39 is 0 Å². The van der Waals surface area contributed by atoms with Gasteiger partial charge in [0.15, 0.2) is 0 Å². The maximum Gasteiger partial charge on any atom is 0.257 e. The molecule has 0 unspecified atom stereocenters. The third-order valence-corrected chi connectivity index (χ3v) is 3.64. The minimum atomic E-state index is -0.118. The van der Waals surface area contributed by atoms with Crippen LogP contribution >= 0.6 is 12.4 Å². The van der Waals surface area contributed by atoms with Crippen LogP contribution in [0.15, 0.2) is 28.4 Å². The molecule has 2 N–H and O–H groups in total. The van der Waals surface area contributed by atoms with E-state index >= 15 is 0 Å². The molecular weight excluding hydrogens is 304 g/mol. The summed E-state index contributed by atoms with van der Waals surface area (Å²) in [5.41, 5.74) is 3.10. The van der Waals surface area contributed by atoms with Gasteiger partial charge in [0.1, 0.15) is 0 Å². The molecule has 1 aliphatic heterocycles. The Bertz CT molecular complexity index is 696. The molecule has 0 spiro atoms. The molecule has 0 aliphatic carbocycles. The standard InChI is InChI=1S/C15H18N4O2.ClH/c1-2-13-12-7-11(9-18-15(12)21-19-13)14(20)17-8-10-3-5-16-6-4-10;/h3,7,9,16H,2,4-6,8H2,1H3,(H,17,20);1H. The number of nitrogens with one attached hydrogen (secondary N) is 2. The highest BCUT2D eigenvalue weighted by Gasteiger charge is 2.13. The van der Waals surface area contributed by atoms with Gasteiger partial charge in [0, 0.05) is 19.3 Å². The van der Waals surface area contributed by atoms with Crippen molar-refractivity contribution in [1.29, 1.82) is 0 Å². The summed E-state index contributed by atoms with van der Waals surface area (Å²) in [6.45, 7) is 4.42. The molecule has 0 aromatic carbocycles. The van der Waals surface area contributed by atoms with Crippen molar-refractivity contribution in [1.82, 2.24) is 20.8 Å². The molecule has 3 heterocycles. The van der Waals surface area contributed by atoms with Gasteiger partial charge in [-0.25, -0.2) is 4.98 Å². The number of hydrogen-bond acceptors (Lipinski definition) is 5. The molecule has 7 heteroatoms. The van der Waals surface area contributed by atoms with E-state index in [9.17, 15) is 4.79 Å². The number of fused-ring (bicyclic) bond motifs is 1. The molecule has 0 atom stereocenters. The number of carbonyl (C=O) groups excluding carboxylic acids is 1. The van der Waals surface area contributed by atoms with Gasteiger partial charge in [0.2, 0.25) is 0 Å². The van der Waals surface area contributed by atoms with Gasteiger partial charge in [0.05, 0.1) is 16.6 Å². The zero-order valence-corrected chi connectivity index (χ0v) is 13.2. The number of nitrogens with zero attached hydrogens (tertiary/aromatic N) is 2. The van der Waals surface area contributed by atoms with Crippen LogP contribution in [0.25, 0.3) is 11.1 Å². The first-order valence-electron chi connectivity index (χ1n) is 7.19. The topological polar surface area (TPSA) is 80.0 Å². The lowest BCUT2D eigenvalue weighted by Crippen LogP contribution is -2.29. The van der Waals surface area contributed by atoms with Crippen LogP contribution in [0, 0.1) is 0 Å². The zero-order valence-electron chi connectivity index (χ0n) is 12.4. The Morgan fingerprint density at radius 2 is 2.36 bits per heavy atom. The van der Waals surface area contributed by atoms with E-state index in [4.69, 9.17) is 4.52 Å². The Balaban J connectivity index is 0.00000176. The largest absolute Gasteiger partial charge is 0.348 e. The number of rotatable bonds is 4. The van der Waals surface area contributed by atoms with Crippen LogP contribution in [0.3, 0.4) is 0 Å². The Kier molecular flexibility index (Phi) is 5.51. The van der Waals surface area contributed by atoms with Gasteiger partial charge >= 0.3 is 0 Å². The summed E-state index contributed by atoms with van der Waals surface area (Å²) in [4.78, 5) is 16.4. The summed E-state index contributed by atoms with van der Waals surface area (Å²) in [6.07, 6.45) is 5.38. The summed E-state index contributed by atoms with van der Waals surface area (Å²) in [6, 6.07) is 1.80. The second-order valence-corrected chi connectivity index (χ2v) is 5.06. The second kappa shape index (κ2) is 7.38. The normalized spacial score (nSPS) is 14.3. The number of hydrogen-bond donors (Lipinski definition) is 2. The molecule has 6 nitrogen and oxygen atoms in total. The molecule has 0 radical (unpaired) electrons. The van der Waals surface area contributed by atoms with Crippen LogP contribution in [0.1, 0.15) is 29.4 Å². The Morgan fingerprint density at radius 1 is 1.50 bits per heavy atom. The van der Waals surface area contributed by atoms with Gasteiger partial charge in [-0.2, -0.15) is 0 Å². The lowest BCUT2D eigenvalue weighted by atomic mass is 10.1. The van der Waals surface area contributed by atoms with Gasteiger partial charge in [-0.1, -0.05) is 23.7 Å². The summed E-state index contributed by atoms with van der Waals surface area (Å²) < 4.78 is 5.12. The quantitative estimate of drug-likeness (QED) is 0.840. The first kappa shape index (κ1) is 16.5. The molecule has 0 fully saturated rings. The third kappa shape index (κ3) is 3.45. The van der Waals surface area contributed by atoms with Gasteiger partial charge in [0.25, 0.3) is 11.6 Å². The Morgan fingerprint density at radius 3 is 3.09 bits per heavy atom. The summed E-state index contributed by atoms with van der Waals surface area (Å²) >= 11 is 0. The number of halogens is 1. The highest BCUT2D eigenvalue weighted by atomic mass is 35.5. The average molecular weight is 323 g/mol. The molecule has 22 heavy (non-hydrogen) atoms. The summed E-state index contributed by atoms with van der Waals surface area (Å²) in [5.74, 6) is -0.118. The molecule has 0 saturated heterocycles. The first-order chi connectivity index (χ1) is 10.3. The van der Waals surface area contributed by atoms with Crippen molar-refractivity contribution in [2.24, 2.45) is 0 Å². The fourth-order valence-electron chi connectivity index (χ4n) is 2.38. The highest BCUT2D eigenvalue weighted by Crippen LogP contribution is 2.18. The summed E-state index contributed by atoms with van der Waals surface area (Å²) in [5, 5.41) is 10.9. The summed E-state index contributed by atoms with van der Waals surface area (Å²) in [7, 11) is 0. The Labute approximate surface area is 134 Å². The maximum absolute atomic E-state index is 12.2. The Hall–Kier alpha value is -1.92. The predicted molar refractivity (Wildman–Crippen MR) is 86.3 cm³/mol. The van der Waals surface area contributed by atoms with E-state index in [0.717, 1.165) is 37.0 Å². The van der Waals surface area contributed by atoms with Gasteiger partial charge in [-0.3, -0.25) is 4.79 Å². The van der Waals surface area contributed by atoms with Crippen LogP contribution in [0.5, 0.6) is 0 Å². The molecular formula is C15H19ClN4O2. The van der Waals surface area contributed by atoms with Crippen molar-refractivity contribution < 1.29 is 9.32 Å². The van der Waals surface area contributed by atoms with Crippen LogP contribution in [0.2, 0.25) is 0 Å². The van der Waals surface area contributed by atoms with E-state index in [1.165, 1.54) is 11.8 Å². The molecule has 118 valence electrons. The second-order valence-electron chi connectivity index (χ2n) is 5.06. The third-order valence-electron chi connectivity index (χ3n) is 3.64. The van der Waals surface area contributed by atoms with E-state index in [1.54, 1.807) is 6.07 Å². The van der Waals surface area contributed by atoms with Gasteiger partial charge in [-0.15, -0.1) is 12.4 Å². The number of aromatic nitrogens is 2. The maximum atomic E-state index is 12.2. The number of aryl methyl sites for hydroxylation is 1. The molecule has 1 amide bonds. The average Bonchev–Trinajstić information content (AvgIpc) is 2.95. The van der Waals surface area contributed by atoms with E-state index in [1.807, 2.05) is 6.92 Å². The monoisotopic (exact) mass is 322 g/mol. The van der Waals surface area contributed by atoms with E-state index in [-0.39, 0.29) is 18.3 Å². The smallest absolute Gasteiger partial charge is 0.257 e. The van der Waals surface area contributed by atoms with Gasteiger partial charge < -0.3 is 15.2 Å². The molecule has 0 bridgehead atoms. The van der Waals surface area contributed by atoms with Crippen molar-refractivity contribution in [3.8, 4) is 0 Å². The van der Waals surface area contributed by atoms with Crippen LogP contribution in [-0.4, -0.2) is 35.7 Å². The minimum Gasteiger partial charge on any atom is -0.348 e. The number of carbonyl (C=O) groups is 1. The molecule has 2 aromatic heterocycles. The van der Waals surface area contributed by atoms with E-state index in [0.29, 0.717) is 17.8 Å². The predicted octanol–water partition coefficient (Wildman–Crippen LogP) is 1.86. The van der Waals surface area contributed by atoms with Crippen molar-refractivity contribution in [3.05, 3.63) is 35.2 Å². The van der Waals surface area contributed by atoms with Crippen molar-refractivity contribution in [2.75, 3.05) is 19.6 Å². The number of pyridine rings is 1. The zero-order chi connectivity index (χ0) is 14.7. The lowest BCUT2D eigenvalue weighted by Gasteiger charge is -2.14.